The molecular formula is C18H22ClF3N2O2. The van der Waals surface area contributed by atoms with E-state index in [2.05, 4.69) is 0 Å². The zero-order valence-corrected chi connectivity index (χ0v) is 15.4. The minimum absolute atomic E-state index is 0.0313. The molecule has 0 aromatic heterocycles. The summed E-state index contributed by atoms with van der Waals surface area (Å²) in [5.74, 6) is -0.507. The highest BCUT2D eigenvalue weighted by molar-refractivity contribution is 6.31. The molecule has 1 fully saturated rings. The monoisotopic (exact) mass is 390 g/mol. The fraction of sp³-hybridized carbons (Fsp3) is 0.556. The zero-order chi connectivity index (χ0) is 19.3. The van der Waals surface area contributed by atoms with E-state index in [9.17, 15) is 22.8 Å². The van der Waals surface area contributed by atoms with E-state index in [0.717, 1.165) is 37.8 Å². The maximum Gasteiger partial charge on any atom is 0.417 e. The highest BCUT2D eigenvalue weighted by atomic mass is 35.5. The number of halogens is 4. The van der Waals surface area contributed by atoms with Gasteiger partial charge in [-0.1, -0.05) is 24.4 Å². The highest BCUT2D eigenvalue weighted by Gasteiger charge is 2.34. The summed E-state index contributed by atoms with van der Waals surface area (Å²) in [4.78, 5) is 27.3. The van der Waals surface area contributed by atoms with Gasteiger partial charge in [-0.15, -0.1) is 0 Å². The molecule has 1 aliphatic rings. The molecule has 1 aromatic rings. The van der Waals surface area contributed by atoms with Crippen molar-refractivity contribution in [3.63, 3.8) is 0 Å². The quantitative estimate of drug-likeness (QED) is 0.759. The lowest BCUT2D eigenvalue weighted by molar-refractivity contribution is -0.137. The van der Waals surface area contributed by atoms with Crippen molar-refractivity contribution < 1.29 is 22.8 Å². The van der Waals surface area contributed by atoms with E-state index >= 15 is 0 Å². The van der Waals surface area contributed by atoms with Gasteiger partial charge in [0.15, 0.2) is 0 Å². The Kier molecular flexibility index (Phi) is 6.92. The second kappa shape index (κ2) is 8.75. The summed E-state index contributed by atoms with van der Waals surface area (Å²) in [6, 6.07) is 3.32. The van der Waals surface area contributed by atoms with Crippen molar-refractivity contribution in [3.8, 4) is 0 Å². The van der Waals surface area contributed by atoms with E-state index in [1.54, 1.807) is 4.90 Å². The van der Waals surface area contributed by atoms with Gasteiger partial charge in [-0.25, -0.2) is 0 Å². The Labute approximate surface area is 155 Å². The summed E-state index contributed by atoms with van der Waals surface area (Å²) in [6.07, 6.45) is -0.452. The molecule has 0 radical (unpaired) electrons. The topological polar surface area (TPSA) is 40.6 Å². The SMILES string of the molecule is CC(=O)N(CCC(=O)N1CCCCCC1)c1ccc(Cl)c(C(F)(F)F)c1. The third-order valence-corrected chi connectivity index (χ3v) is 4.78. The van der Waals surface area contributed by atoms with Gasteiger partial charge in [0, 0.05) is 38.7 Å². The van der Waals surface area contributed by atoms with Crippen LogP contribution in [0.25, 0.3) is 0 Å². The predicted octanol–water partition coefficient (Wildman–Crippen LogP) is 4.50. The van der Waals surface area contributed by atoms with E-state index in [1.165, 1.54) is 17.9 Å². The van der Waals surface area contributed by atoms with E-state index in [-0.39, 0.29) is 24.6 Å². The van der Waals surface area contributed by atoms with Gasteiger partial charge in [-0.3, -0.25) is 9.59 Å². The maximum absolute atomic E-state index is 13.0. The first kappa shape index (κ1) is 20.6. The van der Waals surface area contributed by atoms with E-state index < -0.39 is 22.7 Å². The first-order valence-corrected chi connectivity index (χ1v) is 9.00. The molecule has 8 heteroatoms. The largest absolute Gasteiger partial charge is 0.417 e. The van der Waals surface area contributed by atoms with Crippen LogP contribution in [0.1, 0.15) is 44.6 Å². The molecule has 0 saturated carbocycles. The number of benzene rings is 1. The first-order valence-electron chi connectivity index (χ1n) is 8.63. The van der Waals surface area contributed by atoms with Crippen LogP contribution in [-0.2, 0) is 15.8 Å². The van der Waals surface area contributed by atoms with Gasteiger partial charge in [0.05, 0.1) is 10.6 Å². The van der Waals surface area contributed by atoms with Crippen molar-refractivity contribution in [3.05, 3.63) is 28.8 Å². The van der Waals surface area contributed by atoms with Crippen LogP contribution in [0, 0.1) is 0 Å². The molecule has 1 heterocycles. The van der Waals surface area contributed by atoms with Crippen molar-refractivity contribution in [2.75, 3.05) is 24.5 Å². The Morgan fingerprint density at radius 1 is 1.15 bits per heavy atom. The van der Waals surface area contributed by atoms with Crippen LogP contribution in [0.15, 0.2) is 18.2 Å². The van der Waals surface area contributed by atoms with Gasteiger partial charge < -0.3 is 9.80 Å². The summed E-state index contributed by atoms with van der Waals surface area (Å²) in [5.41, 5.74) is -0.917. The molecule has 1 saturated heterocycles. The maximum atomic E-state index is 13.0. The fourth-order valence-corrected chi connectivity index (χ4v) is 3.28. The molecule has 0 spiro atoms. The van der Waals surface area contributed by atoms with Gasteiger partial charge >= 0.3 is 6.18 Å². The summed E-state index contributed by atoms with van der Waals surface area (Å²) in [5, 5.41) is -0.426. The molecule has 1 aliphatic heterocycles. The van der Waals surface area contributed by atoms with Gasteiger partial charge in [-0.2, -0.15) is 13.2 Å². The second-order valence-electron chi connectivity index (χ2n) is 6.38. The molecule has 0 N–H and O–H groups in total. The van der Waals surface area contributed by atoms with Crippen molar-refractivity contribution in [1.82, 2.24) is 4.90 Å². The number of carbonyl (C=O) groups is 2. The summed E-state index contributed by atoms with van der Waals surface area (Å²) < 4.78 is 39.1. The third kappa shape index (κ3) is 5.37. The lowest BCUT2D eigenvalue weighted by Gasteiger charge is -2.25. The van der Waals surface area contributed by atoms with Crippen LogP contribution in [-0.4, -0.2) is 36.3 Å². The number of rotatable bonds is 4. The number of hydrogen-bond acceptors (Lipinski definition) is 2. The summed E-state index contributed by atoms with van der Waals surface area (Å²) >= 11 is 5.63. The molecule has 0 aliphatic carbocycles. The Balaban J connectivity index is 2.11. The average Bonchev–Trinajstić information content (AvgIpc) is 2.84. The van der Waals surface area contributed by atoms with Crippen LogP contribution in [0.2, 0.25) is 5.02 Å². The molecule has 1 aromatic carbocycles. The molecule has 2 amide bonds. The second-order valence-corrected chi connectivity index (χ2v) is 6.78. The average molecular weight is 391 g/mol. The molecule has 4 nitrogen and oxygen atoms in total. The van der Waals surface area contributed by atoms with Crippen LogP contribution in [0.4, 0.5) is 18.9 Å². The van der Waals surface area contributed by atoms with Crippen molar-refractivity contribution >= 4 is 29.1 Å². The lowest BCUT2D eigenvalue weighted by Crippen LogP contribution is -2.37. The van der Waals surface area contributed by atoms with Gasteiger partial charge in [0.25, 0.3) is 0 Å². The van der Waals surface area contributed by atoms with Gasteiger partial charge in [-0.05, 0) is 31.0 Å². The standard InChI is InChI=1S/C18H22ClF3N2O2/c1-13(25)24(11-8-17(26)23-9-4-2-3-5-10-23)14-6-7-16(19)15(12-14)18(20,21)22/h6-7,12H,2-5,8-11H2,1H3. The molecule has 0 unspecified atom stereocenters. The fourth-order valence-electron chi connectivity index (χ4n) is 3.05. The number of amides is 2. The number of nitrogens with zero attached hydrogens (tertiary/aromatic N) is 2. The van der Waals surface area contributed by atoms with Gasteiger partial charge in [0.1, 0.15) is 0 Å². The highest BCUT2D eigenvalue weighted by Crippen LogP contribution is 2.37. The van der Waals surface area contributed by atoms with Crippen LogP contribution < -0.4 is 4.90 Å². The molecular weight excluding hydrogens is 369 g/mol. The molecule has 144 valence electrons. The predicted molar refractivity (Wildman–Crippen MR) is 94.1 cm³/mol. The molecule has 0 atom stereocenters. The van der Waals surface area contributed by atoms with Crippen LogP contribution in [0.5, 0.6) is 0 Å². The summed E-state index contributed by atoms with van der Waals surface area (Å²) in [6.45, 7) is 2.68. The Morgan fingerprint density at radius 3 is 2.31 bits per heavy atom. The van der Waals surface area contributed by atoms with Crippen LogP contribution in [0.3, 0.4) is 0 Å². The van der Waals surface area contributed by atoms with Crippen molar-refractivity contribution in [2.24, 2.45) is 0 Å². The molecule has 2 rings (SSSR count). The van der Waals surface area contributed by atoms with E-state index in [4.69, 9.17) is 11.6 Å². The van der Waals surface area contributed by atoms with Gasteiger partial charge in [0.2, 0.25) is 11.8 Å². The normalized spacial score (nSPS) is 15.5. The van der Waals surface area contributed by atoms with Crippen molar-refractivity contribution in [1.29, 1.82) is 0 Å². The van der Waals surface area contributed by atoms with Crippen LogP contribution >= 0.6 is 11.6 Å². The van der Waals surface area contributed by atoms with Crippen molar-refractivity contribution in [2.45, 2.75) is 45.2 Å². The Morgan fingerprint density at radius 2 is 1.77 bits per heavy atom. The minimum atomic E-state index is -4.61. The summed E-state index contributed by atoms with van der Waals surface area (Å²) in [7, 11) is 0. The number of hydrogen-bond donors (Lipinski definition) is 0. The third-order valence-electron chi connectivity index (χ3n) is 4.46. The first-order chi connectivity index (χ1) is 12.2. The van der Waals surface area contributed by atoms with E-state index in [0.29, 0.717) is 13.1 Å². The smallest absolute Gasteiger partial charge is 0.343 e. The zero-order valence-electron chi connectivity index (χ0n) is 14.6. The lowest BCUT2D eigenvalue weighted by atomic mass is 10.1. The van der Waals surface area contributed by atoms with E-state index in [1.807, 2.05) is 0 Å². The minimum Gasteiger partial charge on any atom is -0.343 e. The molecule has 26 heavy (non-hydrogen) atoms. The molecule has 0 bridgehead atoms. The Hall–Kier alpha value is -1.76. The number of likely N-dealkylation sites (tertiary alicyclic amines) is 1. The Bertz CT molecular complexity index is 656. The number of alkyl halides is 3. The number of anilines is 1. The number of carbonyl (C=O) groups excluding carboxylic acids is 2.